The molecule has 0 bridgehead atoms. The minimum absolute atomic E-state index is 0.0353. The van der Waals surface area contributed by atoms with Gasteiger partial charge in [0.1, 0.15) is 0 Å². The van der Waals surface area contributed by atoms with Crippen LogP contribution in [0.15, 0.2) is 225 Å². The van der Waals surface area contributed by atoms with Crippen molar-refractivity contribution >= 4 is 89.8 Å². The van der Waals surface area contributed by atoms with Crippen LogP contribution in [-0.4, -0.2) is 16.3 Å². The molecule has 13 rings (SSSR count). The highest BCUT2D eigenvalue weighted by Gasteiger charge is 2.35. The summed E-state index contributed by atoms with van der Waals surface area (Å²) in [7, 11) is 0. The van der Waals surface area contributed by atoms with E-state index in [9.17, 15) is 0 Å². The number of benzene rings is 9. The van der Waals surface area contributed by atoms with Gasteiger partial charge in [-0.15, -0.1) is 0 Å². The van der Waals surface area contributed by atoms with Gasteiger partial charge in [0.15, 0.2) is 0 Å². The highest BCUT2D eigenvalue weighted by Crippen LogP contribution is 2.54. The molecule has 4 nitrogen and oxygen atoms in total. The highest BCUT2D eigenvalue weighted by atomic mass is 15.3. The first-order valence-corrected chi connectivity index (χ1v) is 21.3. The van der Waals surface area contributed by atoms with E-state index < -0.39 is 0 Å². The van der Waals surface area contributed by atoms with E-state index >= 15 is 0 Å². The van der Waals surface area contributed by atoms with Gasteiger partial charge in [-0.05, 0) is 107 Å². The maximum atomic E-state index is 4.91. The van der Waals surface area contributed by atoms with Crippen molar-refractivity contribution in [3.05, 3.63) is 225 Å². The van der Waals surface area contributed by atoms with Crippen LogP contribution >= 0.6 is 0 Å². The summed E-state index contributed by atoms with van der Waals surface area (Å²) in [6.45, 7) is -0.0353. The molecule has 0 aliphatic carbocycles. The Bertz CT molecular complexity index is 3510. The third kappa shape index (κ3) is 5.12. The molecule has 2 aliphatic heterocycles. The molecule has 0 saturated carbocycles. The summed E-state index contributed by atoms with van der Waals surface area (Å²) in [5.41, 5.74) is 19.0. The predicted molar refractivity (Wildman–Crippen MR) is 261 cm³/mol. The van der Waals surface area contributed by atoms with Gasteiger partial charge in [-0.3, -0.25) is 4.98 Å². The van der Waals surface area contributed by atoms with Gasteiger partial charge < -0.3 is 14.4 Å². The van der Waals surface area contributed by atoms with Gasteiger partial charge in [0.25, 0.3) is 0 Å². The Balaban J connectivity index is 1.02. The van der Waals surface area contributed by atoms with Gasteiger partial charge in [0.05, 0.1) is 39.5 Å². The fourth-order valence-corrected chi connectivity index (χ4v) is 10.5. The molecule has 0 N–H and O–H groups in total. The van der Waals surface area contributed by atoms with E-state index in [-0.39, 0.29) is 6.71 Å². The molecule has 0 unspecified atom stereocenters. The number of aromatic nitrogens is 2. The molecule has 0 spiro atoms. The van der Waals surface area contributed by atoms with Crippen molar-refractivity contribution < 1.29 is 0 Å². The molecule has 62 heavy (non-hydrogen) atoms. The summed E-state index contributed by atoms with van der Waals surface area (Å²) in [6, 6.07) is 77.6. The van der Waals surface area contributed by atoms with Gasteiger partial charge in [0.2, 0.25) is 6.71 Å². The van der Waals surface area contributed by atoms with E-state index in [1.807, 2.05) is 6.20 Å². The number of fused-ring (bicyclic) bond motifs is 6. The van der Waals surface area contributed by atoms with E-state index in [0.29, 0.717) is 0 Å². The summed E-state index contributed by atoms with van der Waals surface area (Å²) in [4.78, 5) is 9.76. The summed E-state index contributed by atoms with van der Waals surface area (Å²) in [5, 5.41) is 4.91. The second-order valence-corrected chi connectivity index (χ2v) is 16.3. The van der Waals surface area contributed by atoms with E-state index in [1.165, 1.54) is 65.7 Å². The van der Waals surface area contributed by atoms with Gasteiger partial charge in [-0.2, -0.15) is 0 Å². The van der Waals surface area contributed by atoms with Crippen molar-refractivity contribution in [1.29, 1.82) is 0 Å². The summed E-state index contributed by atoms with van der Waals surface area (Å²) in [6.07, 6.45) is 4.16. The Morgan fingerprint density at radius 1 is 0.371 bits per heavy atom. The molecule has 0 atom stereocenters. The lowest BCUT2D eigenvalue weighted by molar-refractivity contribution is 1.13. The monoisotopic (exact) mass is 788 g/mol. The Kier molecular flexibility index (Phi) is 7.67. The molecule has 0 amide bonds. The number of rotatable bonds is 5. The van der Waals surface area contributed by atoms with E-state index in [0.717, 1.165) is 45.3 Å². The van der Waals surface area contributed by atoms with Gasteiger partial charge in [-0.25, -0.2) is 0 Å². The Morgan fingerprint density at radius 2 is 1.03 bits per heavy atom. The minimum Gasteiger partial charge on any atom is -0.317 e. The van der Waals surface area contributed by atoms with Crippen molar-refractivity contribution in [3.63, 3.8) is 0 Å². The van der Waals surface area contributed by atoms with Crippen molar-refractivity contribution in [2.24, 2.45) is 0 Å². The molecule has 11 aromatic rings. The van der Waals surface area contributed by atoms with Crippen LogP contribution in [0.5, 0.6) is 0 Å². The summed E-state index contributed by atoms with van der Waals surface area (Å²) in [5.74, 6) is 0. The van der Waals surface area contributed by atoms with Crippen LogP contribution in [0.1, 0.15) is 0 Å². The standard InChI is InChI=1S/C57H37BN4/c1-3-15-39(16-4-1)60-36-34-45-41(21-13-28-51(45)60)38-29-30-43-46-33-35-59-50-23-14-22-48(57(46)50)58(49(43)37-38)47-31-32-52(44-20-8-7-19-42(44)47)62-55-26-11-9-24-53(55)61(40-17-5-2-6-18-40)54-25-10-12-27-56(54)62/h1-37H. The molecule has 0 saturated heterocycles. The lowest BCUT2D eigenvalue weighted by Gasteiger charge is -2.40. The molecule has 4 heterocycles. The third-order valence-corrected chi connectivity index (χ3v) is 13.1. The van der Waals surface area contributed by atoms with Crippen molar-refractivity contribution in [3.8, 4) is 27.9 Å². The average molecular weight is 789 g/mol. The largest absolute Gasteiger partial charge is 0.317 e. The first kappa shape index (κ1) is 34.7. The molecular weight excluding hydrogens is 751 g/mol. The van der Waals surface area contributed by atoms with Crippen LogP contribution in [0.25, 0.3) is 60.5 Å². The normalized spacial score (nSPS) is 12.7. The number of pyridine rings is 1. The quantitative estimate of drug-likeness (QED) is 0.162. The fraction of sp³-hybridized carbons (Fsp3) is 0. The first-order valence-electron chi connectivity index (χ1n) is 21.3. The topological polar surface area (TPSA) is 24.3 Å². The van der Waals surface area contributed by atoms with Crippen molar-refractivity contribution in [2.75, 3.05) is 9.80 Å². The highest BCUT2D eigenvalue weighted by molar-refractivity contribution is 6.99. The molecule has 9 aromatic carbocycles. The first-order chi connectivity index (χ1) is 30.8. The molecular formula is C57H37BN4. The zero-order chi connectivity index (χ0) is 40.7. The van der Waals surface area contributed by atoms with Crippen LogP contribution in [0.4, 0.5) is 34.1 Å². The van der Waals surface area contributed by atoms with Crippen LogP contribution in [0, 0.1) is 0 Å². The molecule has 5 heteroatoms. The molecule has 2 aliphatic rings. The molecule has 2 aromatic heterocycles. The van der Waals surface area contributed by atoms with E-state index in [2.05, 4.69) is 233 Å². The smallest absolute Gasteiger partial charge is 0.243 e. The van der Waals surface area contributed by atoms with Crippen molar-refractivity contribution in [2.45, 2.75) is 0 Å². The average Bonchev–Trinajstić information content (AvgIpc) is 3.79. The SMILES string of the molecule is c1ccc(N2c3ccccc3N(c3ccc(B4c5cc(-c6cccc7c6ccn7-c6ccccc6)ccc5-c5ccnc6cccc4c56)c4ccccc34)c3ccccc32)cc1. The zero-order valence-electron chi connectivity index (χ0n) is 33.7. The van der Waals surface area contributed by atoms with Crippen LogP contribution in [-0.2, 0) is 0 Å². The minimum atomic E-state index is -0.0353. The van der Waals surface area contributed by atoms with Crippen LogP contribution in [0.2, 0.25) is 0 Å². The third-order valence-electron chi connectivity index (χ3n) is 13.1. The molecule has 0 radical (unpaired) electrons. The number of para-hydroxylation sites is 6. The summed E-state index contributed by atoms with van der Waals surface area (Å²) < 4.78 is 2.29. The maximum Gasteiger partial charge on any atom is 0.243 e. The summed E-state index contributed by atoms with van der Waals surface area (Å²) >= 11 is 0. The zero-order valence-corrected chi connectivity index (χ0v) is 33.7. The van der Waals surface area contributed by atoms with Crippen LogP contribution < -0.4 is 26.2 Å². The second-order valence-electron chi connectivity index (χ2n) is 16.3. The maximum absolute atomic E-state index is 4.91. The number of hydrogen-bond acceptors (Lipinski definition) is 3. The van der Waals surface area contributed by atoms with Crippen molar-refractivity contribution in [1.82, 2.24) is 9.55 Å². The van der Waals surface area contributed by atoms with E-state index in [1.54, 1.807) is 0 Å². The fourth-order valence-electron chi connectivity index (χ4n) is 10.5. The second kappa shape index (κ2) is 13.7. The lowest BCUT2D eigenvalue weighted by Crippen LogP contribution is -2.55. The lowest BCUT2D eigenvalue weighted by atomic mass is 9.33. The van der Waals surface area contributed by atoms with Crippen LogP contribution in [0.3, 0.4) is 0 Å². The van der Waals surface area contributed by atoms with Gasteiger partial charge >= 0.3 is 0 Å². The number of anilines is 6. The Morgan fingerprint density at radius 3 is 1.79 bits per heavy atom. The number of hydrogen-bond donors (Lipinski definition) is 0. The molecule has 0 fully saturated rings. The Labute approximate surface area is 360 Å². The van der Waals surface area contributed by atoms with Gasteiger partial charge in [0, 0.05) is 39.9 Å². The Hall–Kier alpha value is -8.15. The van der Waals surface area contributed by atoms with Gasteiger partial charge in [-0.1, -0.05) is 150 Å². The molecule has 288 valence electrons. The number of nitrogens with zero attached hydrogens (tertiary/aromatic N) is 4. The van der Waals surface area contributed by atoms with E-state index in [4.69, 9.17) is 4.98 Å². The predicted octanol–water partition coefficient (Wildman–Crippen LogP) is 12.7.